The van der Waals surface area contributed by atoms with Gasteiger partial charge in [0.15, 0.2) is 0 Å². The van der Waals surface area contributed by atoms with Crippen molar-refractivity contribution in [1.29, 1.82) is 0 Å². The molecule has 0 radical (unpaired) electrons. The van der Waals surface area contributed by atoms with Gasteiger partial charge in [-0.05, 0) is 58.1 Å². The average Bonchev–Trinajstić information content (AvgIpc) is 2.66. The molecule has 0 spiro atoms. The van der Waals surface area contributed by atoms with E-state index in [1.807, 2.05) is 0 Å². The summed E-state index contributed by atoms with van der Waals surface area (Å²) in [5.74, 6) is 0.743. The fourth-order valence-electron chi connectivity index (χ4n) is 2.00. The van der Waals surface area contributed by atoms with Crippen molar-refractivity contribution in [2.24, 2.45) is 11.7 Å². The first-order valence-corrected chi connectivity index (χ1v) is 7.00. The number of ether oxygens (including phenoxy) is 1. The van der Waals surface area contributed by atoms with E-state index < -0.39 is 0 Å². The summed E-state index contributed by atoms with van der Waals surface area (Å²) >= 11 is 5.18. The summed E-state index contributed by atoms with van der Waals surface area (Å²) in [4.78, 5) is 0. The predicted molar refractivity (Wildman–Crippen MR) is 67.1 cm³/mol. The standard InChI is InChI=1S/C11H16BrNOS/c12-11-6-9(7-15-11)10(13)5-8-1-3-14-4-2-8/h6-8,10H,1-5,13H2. The SMILES string of the molecule is NC(CC1CCOCC1)c1csc(Br)c1. The molecule has 4 heteroatoms. The molecule has 2 N–H and O–H groups in total. The summed E-state index contributed by atoms with van der Waals surface area (Å²) in [6.45, 7) is 1.81. The molecule has 1 aliphatic heterocycles. The lowest BCUT2D eigenvalue weighted by atomic mass is 9.91. The first-order valence-electron chi connectivity index (χ1n) is 5.33. The Morgan fingerprint density at radius 3 is 2.87 bits per heavy atom. The second-order valence-electron chi connectivity index (χ2n) is 4.08. The molecule has 0 saturated carbocycles. The van der Waals surface area contributed by atoms with Gasteiger partial charge in [0.1, 0.15) is 0 Å². The number of rotatable bonds is 3. The van der Waals surface area contributed by atoms with Gasteiger partial charge in [-0.3, -0.25) is 0 Å². The van der Waals surface area contributed by atoms with E-state index in [2.05, 4.69) is 27.4 Å². The highest BCUT2D eigenvalue weighted by Crippen LogP contribution is 2.30. The molecular formula is C11H16BrNOS. The summed E-state index contributed by atoms with van der Waals surface area (Å²) in [5.41, 5.74) is 7.45. The van der Waals surface area contributed by atoms with Crippen molar-refractivity contribution >= 4 is 27.3 Å². The van der Waals surface area contributed by atoms with Crippen LogP contribution in [-0.4, -0.2) is 13.2 Å². The molecule has 15 heavy (non-hydrogen) atoms. The Bertz CT molecular complexity index is 309. The van der Waals surface area contributed by atoms with Crippen LogP contribution in [0.4, 0.5) is 0 Å². The number of nitrogens with two attached hydrogens (primary N) is 1. The van der Waals surface area contributed by atoms with Gasteiger partial charge in [-0.15, -0.1) is 11.3 Å². The van der Waals surface area contributed by atoms with Crippen LogP contribution in [-0.2, 0) is 4.74 Å². The maximum Gasteiger partial charge on any atom is 0.0701 e. The molecule has 1 atom stereocenters. The van der Waals surface area contributed by atoms with Gasteiger partial charge in [0, 0.05) is 19.3 Å². The molecule has 0 aromatic carbocycles. The molecule has 1 aromatic heterocycles. The molecule has 0 aliphatic carbocycles. The Labute approximate surface area is 103 Å². The second-order valence-corrected chi connectivity index (χ2v) is 6.37. The normalized spacial score (nSPS) is 20.4. The molecule has 1 saturated heterocycles. The van der Waals surface area contributed by atoms with Crippen LogP contribution in [0.1, 0.15) is 30.9 Å². The van der Waals surface area contributed by atoms with Crippen LogP contribution in [0, 0.1) is 5.92 Å². The third-order valence-corrected chi connectivity index (χ3v) is 4.47. The van der Waals surface area contributed by atoms with Gasteiger partial charge < -0.3 is 10.5 Å². The number of thiophene rings is 1. The van der Waals surface area contributed by atoms with Crippen LogP contribution in [0.3, 0.4) is 0 Å². The van der Waals surface area contributed by atoms with Crippen molar-refractivity contribution in [3.63, 3.8) is 0 Å². The molecule has 1 fully saturated rings. The predicted octanol–water partition coefficient (Wildman–Crippen LogP) is 3.33. The molecule has 0 bridgehead atoms. The van der Waals surface area contributed by atoms with Gasteiger partial charge in [0.2, 0.25) is 0 Å². The van der Waals surface area contributed by atoms with Crippen molar-refractivity contribution in [2.75, 3.05) is 13.2 Å². The van der Waals surface area contributed by atoms with Crippen molar-refractivity contribution < 1.29 is 4.74 Å². The van der Waals surface area contributed by atoms with Crippen molar-refractivity contribution in [3.05, 3.63) is 20.8 Å². The van der Waals surface area contributed by atoms with Crippen molar-refractivity contribution in [1.82, 2.24) is 0 Å². The molecule has 1 unspecified atom stereocenters. The van der Waals surface area contributed by atoms with Gasteiger partial charge in [0.05, 0.1) is 3.79 Å². The van der Waals surface area contributed by atoms with Crippen LogP contribution in [0.2, 0.25) is 0 Å². The van der Waals surface area contributed by atoms with Crippen molar-refractivity contribution in [2.45, 2.75) is 25.3 Å². The quantitative estimate of drug-likeness (QED) is 0.926. The highest BCUT2D eigenvalue weighted by atomic mass is 79.9. The highest BCUT2D eigenvalue weighted by Gasteiger charge is 2.18. The molecule has 0 amide bonds. The largest absolute Gasteiger partial charge is 0.381 e. The first kappa shape index (κ1) is 11.6. The number of halogens is 1. The number of hydrogen-bond acceptors (Lipinski definition) is 3. The Hall–Kier alpha value is 0.100. The summed E-state index contributed by atoms with van der Waals surface area (Å²) in [5, 5.41) is 2.15. The minimum absolute atomic E-state index is 0.190. The Morgan fingerprint density at radius 1 is 1.53 bits per heavy atom. The molecule has 2 rings (SSSR count). The summed E-state index contributed by atoms with van der Waals surface area (Å²) in [7, 11) is 0. The third kappa shape index (κ3) is 3.28. The zero-order valence-electron chi connectivity index (χ0n) is 8.62. The Balaban J connectivity index is 1.88. The van der Waals surface area contributed by atoms with Gasteiger partial charge in [-0.1, -0.05) is 0 Å². The van der Waals surface area contributed by atoms with Crippen LogP contribution >= 0.6 is 27.3 Å². The zero-order valence-corrected chi connectivity index (χ0v) is 11.0. The van der Waals surface area contributed by atoms with Gasteiger partial charge in [-0.25, -0.2) is 0 Å². The minimum Gasteiger partial charge on any atom is -0.381 e. The fraction of sp³-hybridized carbons (Fsp3) is 0.636. The molecule has 1 aromatic rings. The molecule has 84 valence electrons. The van der Waals surface area contributed by atoms with E-state index in [-0.39, 0.29) is 6.04 Å². The van der Waals surface area contributed by atoms with E-state index in [4.69, 9.17) is 10.5 Å². The monoisotopic (exact) mass is 289 g/mol. The van der Waals surface area contributed by atoms with E-state index >= 15 is 0 Å². The van der Waals surface area contributed by atoms with Crippen LogP contribution in [0.25, 0.3) is 0 Å². The Morgan fingerprint density at radius 2 is 2.27 bits per heavy atom. The van der Waals surface area contributed by atoms with Crippen LogP contribution in [0.5, 0.6) is 0 Å². The fourth-order valence-corrected chi connectivity index (χ4v) is 3.24. The van der Waals surface area contributed by atoms with Gasteiger partial charge >= 0.3 is 0 Å². The lowest BCUT2D eigenvalue weighted by Gasteiger charge is -2.24. The second kappa shape index (κ2) is 5.43. The first-order chi connectivity index (χ1) is 7.25. The van der Waals surface area contributed by atoms with Crippen molar-refractivity contribution in [3.8, 4) is 0 Å². The summed E-state index contributed by atoms with van der Waals surface area (Å²) in [6.07, 6.45) is 3.42. The van der Waals surface area contributed by atoms with E-state index in [9.17, 15) is 0 Å². The van der Waals surface area contributed by atoms with E-state index in [0.717, 1.165) is 25.6 Å². The third-order valence-electron chi connectivity index (χ3n) is 2.94. The highest BCUT2D eigenvalue weighted by molar-refractivity contribution is 9.11. The topological polar surface area (TPSA) is 35.2 Å². The maximum absolute atomic E-state index is 6.18. The lowest BCUT2D eigenvalue weighted by molar-refractivity contribution is 0.0618. The zero-order chi connectivity index (χ0) is 10.7. The summed E-state index contributed by atoms with van der Waals surface area (Å²) in [6, 6.07) is 2.32. The lowest BCUT2D eigenvalue weighted by Crippen LogP contribution is -2.21. The van der Waals surface area contributed by atoms with E-state index in [1.165, 1.54) is 22.2 Å². The smallest absolute Gasteiger partial charge is 0.0701 e. The molecule has 1 aliphatic rings. The molecule has 2 heterocycles. The summed E-state index contributed by atoms with van der Waals surface area (Å²) < 4.78 is 6.51. The van der Waals surface area contributed by atoms with Gasteiger partial charge in [0.25, 0.3) is 0 Å². The van der Waals surface area contributed by atoms with Crippen LogP contribution in [0.15, 0.2) is 15.2 Å². The molecular weight excluding hydrogens is 274 g/mol. The van der Waals surface area contributed by atoms with Gasteiger partial charge in [-0.2, -0.15) is 0 Å². The van der Waals surface area contributed by atoms with E-state index in [0.29, 0.717) is 0 Å². The van der Waals surface area contributed by atoms with E-state index in [1.54, 1.807) is 11.3 Å². The Kier molecular flexibility index (Phi) is 4.20. The minimum atomic E-state index is 0.190. The number of hydrogen-bond donors (Lipinski definition) is 1. The maximum atomic E-state index is 6.18. The molecule has 2 nitrogen and oxygen atoms in total. The van der Waals surface area contributed by atoms with Crippen LogP contribution < -0.4 is 5.73 Å². The average molecular weight is 290 g/mol.